The van der Waals surface area contributed by atoms with Gasteiger partial charge in [-0.25, -0.2) is 14.8 Å². The molecule has 2 aromatic rings. The van der Waals surface area contributed by atoms with Gasteiger partial charge >= 0.3 is 5.97 Å². The molecule has 0 bridgehead atoms. The standard InChI is InChI=1S/C15H19N3O2S/c1-7(2)12(15(19)20)18-13-11-9-5-4-6-10(9)21-14(11)17-8(3)16-13/h7,12H,4-6H2,1-3H3,(H,19,20)(H,16,17,18)/t12-/m1/s1. The largest absolute Gasteiger partial charge is 0.480 e. The SMILES string of the molecule is Cc1nc(N[C@@H](C(=O)O)C(C)C)c2c3c(sc2n1)CCC3. The first kappa shape index (κ1) is 14.3. The molecule has 2 aromatic heterocycles. The summed E-state index contributed by atoms with van der Waals surface area (Å²) in [5.41, 5.74) is 1.31. The minimum atomic E-state index is -0.846. The average molecular weight is 305 g/mol. The smallest absolute Gasteiger partial charge is 0.326 e. The van der Waals surface area contributed by atoms with E-state index in [1.165, 1.54) is 10.4 Å². The number of aryl methyl sites for hydroxylation is 3. The van der Waals surface area contributed by atoms with E-state index in [1.54, 1.807) is 11.3 Å². The number of carbonyl (C=O) groups is 1. The molecular weight excluding hydrogens is 286 g/mol. The molecule has 0 saturated carbocycles. The predicted molar refractivity (Wildman–Crippen MR) is 84.1 cm³/mol. The van der Waals surface area contributed by atoms with Crippen LogP contribution in [0.1, 0.15) is 36.5 Å². The number of nitrogens with zero attached hydrogens (tertiary/aromatic N) is 2. The summed E-state index contributed by atoms with van der Waals surface area (Å²) in [7, 11) is 0. The third-order valence-corrected chi connectivity index (χ3v) is 5.09. The number of thiophene rings is 1. The van der Waals surface area contributed by atoms with Gasteiger partial charge in [-0.1, -0.05) is 13.8 Å². The van der Waals surface area contributed by atoms with Gasteiger partial charge in [0, 0.05) is 4.88 Å². The predicted octanol–water partition coefficient (Wildman–Crippen LogP) is 3.01. The number of aromatic nitrogens is 2. The molecule has 0 amide bonds. The molecule has 112 valence electrons. The van der Waals surface area contributed by atoms with Gasteiger partial charge in [0.15, 0.2) is 0 Å². The van der Waals surface area contributed by atoms with Crippen molar-refractivity contribution in [3.8, 4) is 0 Å². The molecule has 0 aromatic carbocycles. The summed E-state index contributed by atoms with van der Waals surface area (Å²) in [5, 5.41) is 13.6. The number of fused-ring (bicyclic) bond motifs is 3. The second-order valence-corrected chi connectivity index (χ2v) is 6.94. The number of hydrogen-bond acceptors (Lipinski definition) is 5. The average Bonchev–Trinajstić information content (AvgIpc) is 2.94. The van der Waals surface area contributed by atoms with Crippen LogP contribution in [-0.2, 0) is 17.6 Å². The fourth-order valence-corrected chi connectivity index (χ4v) is 4.17. The highest BCUT2D eigenvalue weighted by molar-refractivity contribution is 7.19. The summed E-state index contributed by atoms with van der Waals surface area (Å²) in [6.07, 6.45) is 3.30. The van der Waals surface area contributed by atoms with E-state index in [9.17, 15) is 9.90 Å². The Kier molecular flexibility index (Phi) is 3.57. The van der Waals surface area contributed by atoms with Gasteiger partial charge in [-0.3, -0.25) is 0 Å². The van der Waals surface area contributed by atoms with Crippen molar-refractivity contribution < 1.29 is 9.90 Å². The van der Waals surface area contributed by atoms with E-state index in [0.717, 1.165) is 29.5 Å². The lowest BCUT2D eigenvalue weighted by Crippen LogP contribution is -2.34. The highest BCUT2D eigenvalue weighted by Gasteiger charge is 2.26. The molecule has 0 radical (unpaired) electrons. The van der Waals surface area contributed by atoms with Crippen molar-refractivity contribution in [2.75, 3.05) is 5.32 Å². The normalized spacial score (nSPS) is 15.4. The third kappa shape index (κ3) is 2.48. The van der Waals surface area contributed by atoms with Crippen molar-refractivity contribution in [1.29, 1.82) is 0 Å². The number of carboxylic acid groups (broad SMARTS) is 1. The van der Waals surface area contributed by atoms with E-state index in [1.807, 2.05) is 20.8 Å². The zero-order valence-electron chi connectivity index (χ0n) is 12.4. The Balaban J connectivity index is 2.11. The number of carboxylic acids is 1. The summed E-state index contributed by atoms with van der Waals surface area (Å²) in [6.45, 7) is 5.64. The van der Waals surface area contributed by atoms with Crippen LogP contribution in [0.4, 0.5) is 5.82 Å². The highest BCUT2D eigenvalue weighted by atomic mass is 32.1. The molecule has 1 aliphatic rings. The molecule has 0 fully saturated rings. The lowest BCUT2D eigenvalue weighted by atomic mass is 10.0. The second kappa shape index (κ2) is 5.26. The van der Waals surface area contributed by atoms with Gasteiger partial charge in [-0.05, 0) is 37.7 Å². The quantitative estimate of drug-likeness (QED) is 0.908. The topological polar surface area (TPSA) is 75.1 Å². The monoisotopic (exact) mass is 305 g/mol. The first-order valence-electron chi connectivity index (χ1n) is 7.25. The molecule has 3 rings (SSSR count). The summed E-state index contributed by atoms with van der Waals surface area (Å²) in [4.78, 5) is 22.8. The maximum Gasteiger partial charge on any atom is 0.326 e. The Bertz CT molecular complexity index is 708. The van der Waals surface area contributed by atoms with Gasteiger partial charge in [0.2, 0.25) is 0 Å². The van der Waals surface area contributed by atoms with Gasteiger partial charge in [0.25, 0.3) is 0 Å². The number of nitrogens with one attached hydrogen (secondary N) is 1. The third-order valence-electron chi connectivity index (χ3n) is 3.90. The Hall–Kier alpha value is -1.69. The maximum atomic E-state index is 11.4. The fraction of sp³-hybridized carbons (Fsp3) is 0.533. The lowest BCUT2D eigenvalue weighted by Gasteiger charge is -2.19. The van der Waals surface area contributed by atoms with Crippen molar-refractivity contribution in [1.82, 2.24) is 9.97 Å². The van der Waals surface area contributed by atoms with Gasteiger partial charge in [-0.15, -0.1) is 11.3 Å². The van der Waals surface area contributed by atoms with Crippen LogP contribution in [0.5, 0.6) is 0 Å². The van der Waals surface area contributed by atoms with Gasteiger partial charge in [-0.2, -0.15) is 0 Å². The Morgan fingerprint density at radius 2 is 2.10 bits per heavy atom. The van der Waals surface area contributed by atoms with Crippen LogP contribution >= 0.6 is 11.3 Å². The molecule has 2 heterocycles. The van der Waals surface area contributed by atoms with Crippen LogP contribution in [0.3, 0.4) is 0 Å². The van der Waals surface area contributed by atoms with Crippen LogP contribution in [0, 0.1) is 12.8 Å². The summed E-state index contributed by atoms with van der Waals surface area (Å²) >= 11 is 1.72. The van der Waals surface area contributed by atoms with Crippen LogP contribution < -0.4 is 5.32 Å². The Morgan fingerprint density at radius 3 is 2.76 bits per heavy atom. The van der Waals surface area contributed by atoms with Crippen molar-refractivity contribution >= 4 is 33.3 Å². The zero-order valence-corrected chi connectivity index (χ0v) is 13.3. The molecule has 6 heteroatoms. The molecule has 0 saturated heterocycles. The van der Waals surface area contributed by atoms with Crippen molar-refractivity contribution in [2.24, 2.45) is 5.92 Å². The lowest BCUT2D eigenvalue weighted by molar-refractivity contribution is -0.138. The van der Waals surface area contributed by atoms with E-state index in [4.69, 9.17) is 0 Å². The van der Waals surface area contributed by atoms with E-state index >= 15 is 0 Å². The second-order valence-electron chi connectivity index (χ2n) is 5.86. The van der Waals surface area contributed by atoms with Crippen molar-refractivity contribution in [2.45, 2.75) is 46.1 Å². The molecule has 0 unspecified atom stereocenters. The van der Waals surface area contributed by atoms with Crippen LogP contribution in [-0.4, -0.2) is 27.1 Å². The van der Waals surface area contributed by atoms with Gasteiger partial charge in [0.1, 0.15) is 22.5 Å². The first-order chi connectivity index (χ1) is 9.97. The van der Waals surface area contributed by atoms with E-state index in [2.05, 4.69) is 15.3 Å². The first-order valence-corrected chi connectivity index (χ1v) is 8.07. The van der Waals surface area contributed by atoms with Crippen LogP contribution in [0.25, 0.3) is 10.2 Å². The highest BCUT2D eigenvalue weighted by Crippen LogP contribution is 2.39. The Morgan fingerprint density at radius 1 is 1.33 bits per heavy atom. The van der Waals surface area contributed by atoms with E-state index < -0.39 is 12.0 Å². The molecule has 2 N–H and O–H groups in total. The van der Waals surface area contributed by atoms with Gasteiger partial charge < -0.3 is 10.4 Å². The number of aliphatic carboxylic acids is 1. The molecule has 0 spiro atoms. The van der Waals surface area contributed by atoms with Crippen LogP contribution in [0.15, 0.2) is 0 Å². The number of anilines is 1. The van der Waals surface area contributed by atoms with E-state index in [0.29, 0.717) is 11.6 Å². The summed E-state index contributed by atoms with van der Waals surface area (Å²) in [6, 6.07) is -0.639. The summed E-state index contributed by atoms with van der Waals surface area (Å²) < 4.78 is 0. The maximum absolute atomic E-state index is 11.4. The Labute approximate surface area is 127 Å². The number of hydrogen-bond donors (Lipinski definition) is 2. The van der Waals surface area contributed by atoms with Crippen molar-refractivity contribution in [3.63, 3.8) is 0 Å². The van der Waals surface area contributed by atoms with Crippen LogP contribution in [0.2, 0.25) is 0 Å². The molecule has 5 nitrogen and oxygen atoms in total. The van der Waals surface area contributed by atoms with Crippen molar-refractivity contribution in [3.05, 3.63) is 16.3 Å². The zero-order chi connectivity index (χ0) is 15.1. The molecule has 0 aliphatic heterocycles. The molecule has 1 atom stereocenters. The minimum Gasteiger partial charge on any atom is -0.480 e. The molecular formula is C15H19N3O2S. The minimum absolute atomic E-state index is 0.0143. The summed E-state index contributed by atoms with van der Waals surface area (Å²) in [5.74, 6) is 0.497. The molecule has 21 heavy (non-hydrogen) atoms. The fourth-order valence-electron chi connectivity index (χ4n) is 2.87. The van der Waals surface area contributed by atoms with E-state index in [-0.39, 0.29) is 5.92 Å². The van der Waals surface area contributed by atoms with Gasteiger partial charge in [0.05, 0.1) is 5.39 Å². The number of rotatable bonds is 4. The molecule has 1 aliphatic carbocycles.